The number of carbonyl (C=O) groups excluding carboxylic acids is 1. The van der Waals surface area contributed by atoms with Gasteiger partial charge < -0.3 is 14.2 Å². The molecule has 0 aliphatic heterocycles. The lowest BCUT2D eigenvalue weighted by molar-refractivity contribution is -0.147. The fourth-order valence-corrected chi connectivity index (χ4v) is 3.78. The van der Waals surface area contributed by atoms with Gasteiger partial charge in [0.2, 0.25) is 0 Å². The molecule has 0 aliphatic rings. The maximum Gasteiger partial charge on any atom is 0.328 e. The minimum atomic E-state index is -0.755. The highest BCUT2D eigenvalue weighted by molar-refractivity contribution is 7.17. The Labute approximate surface area is 166 Å². The van der Waals surface area contributed by atoms with Gasteiger partial charge in [0.1, 0.15) is 10.9 Å². The SMILES string of the molecule is CCCOC(=O)[C@H](C)n1cnc2scc(-c3ccc(OC)c(OC)c3)c2c1=O. The Hall–Kier alpha value is -2.87. The van der Waals surface area contributed by atoms with Gasteiger partial charge in [0.05, 0.1) is 32.5 Å². The number of aromatic nitrogens is 2. The third kappa shape index (κ3) is 3.60. The van der Waals surface area contributed by atoms with Crippen LogP contribution in [0.1, 0.15) is 26.3 Å². The van der Waals surface area contributed by atoms with Gasteiger partial charge in [-0.15, -0.1) is 11.3 Å². The predicted molar refractivity (Wildman–Crippen MR) is 108 cm³/mol. The van der Waals surface area contributed by atoms with Crippen LogP contribution in [0.2, 0.25) is 0 Å². The summed E-state index contributed by atoms with van der Waals surface area (Å²) in [6.45, 7) is 3.87. The molecule has 0 saturated heterocycles. The predicted octanol–water partition coefficient (Wildman–Crippen LogP) is 3.66. The summed E-state index contributed by atoms with van der Waals surface area (Å²) in [5, 5.41) is 2.35. The van der Waals surface area contributed by atoms with Gasteiger partial charge in [-0.1, -0.05) is 13.0 Å². The number of carbonyl (C=O) groups is 1. The molecule has 148 valence electrons. The normalized spacial score (nSPS) is 12.0. The molecule has 8 heteroatoms. The molecule has 0 spiro atoms. The van der Waals surface area contributed by atoms with E-state index in [9.17, 15) is 9.59 Å². The Kier molecular flexibility index (Phi) is 5.99. The number of benzene rings is 1. The van der Waals surface area contributed by atoms with Gasteiger partial charge in [-0.05, 0) is 31.0 Å². The first-order valence-corrected chi connectivity index (χ1v) is 9.77. The number of fused-ring (bicyclic) bond motifs is 1. The van der Waals surface area contributed by atoms with Crippen molar-refractivity contribution >= 4 is 27.5 Å². The molecule has 28 heavy (non-hydrogen) atoms. The molecule has 0 aliphatic carbocycles. The van der Waals surface area contributed by atoms with Crippen molar-refractivity contribution in [1.29, 1.82) is 0 Å². The molecule has 7 nitrogen and oxygen atoms in total. The maximum atomic E-state index is 13.1. The molecule has 0 saturated carbocycles. The summed E-state index contributed by atoms with van der Waals surface area (Å²) in [6.07, 6.45) is 2.12. The number of methoxy groups -OCH3 is 2. The molecule has 0 N–H and O–H groups in total. The molecule has 0 unspecified atom stereocenters. The molecule has 3 rings (SSSR count). The molecule has 0 fully saturated rings. The number of hydrogen-bond acceptors (Lipinski definition) is 7. The summed E-state index contributed by atoms with van der Waals surface area (Å²) in [4.78, 5) is 30.3. The second kappa shape index (κ2) is 8.43. The van der Waals surface area contributed by atoms with Crippen LogP contribution in [0.15, 0.2) is 34.7 Å². The molecule has 1 aromatic carbocycles. The molecule has 0 radical (unpaired) electrons. The van der Waals surface area contributed by atoms with E-state index < -0.39 is 12.0 Å². The van der Waals surface area contributed by atoms with Gasteiger partial charge in [-0.2, -0.15) is 0 Å². The number of ether oxygens (including phenoxy) is 3. The van der Waals surface area contributed by atoms with Crippen LogP contribution in [0.4, 0.5) is 0 Å². The summed E-state index contributed by atoms with van der Waals surface area (Å²) in [7, 11) is 3.13. The molecule has 1 atom stereocenters. The minimum absolute atomic E-state index is 0.281. The number of esters is 1. The lowest BCUT2D eigenvalue weighted by Crippen LogP contribution is -2.29. The molecule has 2 aromatic heterocycles. The van der Waals surface area contributed by atoms with E-state index in [4.69, 9.17) is 14.2 Å². The molecule has 0 amide bonds. The van der Waals surface area contributed by atoms with Crippen molar-refractivity contribution in [2.45, 2.75) is 26.3 Å². The number of rotatable bonds is 7. The monoisotopic (exact) mass is 402 g/mol. The lowest BCUT2D eigenvalue weighted by atomic mass is 10.1. The molecular formula is C20H22N2O5S. The third-order valence-corrected chi connectivity index (χ3v) is 5.31. The Morgan fingerprint density at radius 1 is 1.25 bits per heavy atom. The topological polar surface area (TPSA) is 79.7 Å². The third-order valence-electron chi connectivity index (χ3n) is 4.42. The number of thiophene rings is 1. The van der Waals surface area contributed by atoms with E-state index in [2.05, 4.69) is 4.98 Å². The van der Waals surface area contributed by atoms with E-state index in [1.165, 1.54) is 22.2 Å². The summed E-state index contributed by atoms with van der Waals surface area (Å²) in [5.74, 6) is 0.724. The Morgan fingerprint density at radius 2 is 2.00 bits per heavy atom. The fourth-order valence-electron chi connectivity index (χ4n) is 2.87. The van der Waals surface area contributed by atoms with Crippen molar-refractivity contribution in [3.05, 3.63) is 40.3 Å². The van der Waals surface area contributed by atoms with E-state index in [-0.39, 0.29) is 5.56 Å². The van der Waals surface area contributed by atoms with Crippen LogP contribution >= 0.6 is 11.3 Å². The second-order valence-corrected chi connectivity index (χ2v) is 7.06. The smallest absolute Gasteiger partial charge is 0.328 e. The lowest BCUT2D eigenvalue weighted by Gasteiger charge is -2.14. The molecule has 0 bridgehead atoms. The molecular weight excluding hydrogens is 380 g/mol. The average Bonchev–Trinajstić information content (AvgIpc) is 3.16. The Bertz CT molecular complexity index is 1060. The fraction of sp³-hybridized carbons (Fsp3) is 0.350. The van der Waals surface area contributed by atoms with Crippen molar-refractivity contribution in [2.75, 3.05) is 20.8 Å². The molecule has 2 heterocycles. The van der Waals surface area contributed by atoms with E-state index in [0.29, 0.717) is 28.3 Å². The maximum absolute atomic E-state index is 13.1. The van der Waals surface area contributed by atoms with Crippen LogP contribution in [0, 0.1) is 0 Å². The molecule has 3 aromatic rings. The summed E-state index contributed by atoms with van der Waals surface area (Å²) in [5.41, 5.74) is 1.26. The summed E-state index contributed by atoms with van der Waals surface area (Å²) >= 11 is 1.38. The van der Waals surface area contributed by atoms with Gasteiger partial charge in [-0.3, -0.25) is 9.36 Å². The van der Waals surface area contributed by atoms with Crippen LogP contribution in [-0.2, 0) is 9.53 Å². The first-order valence-electron chi connectivity index (χ1n) is 8.89. The van der Waals surface area contributed by atoms with E-state index >= 15 is 0 Å². The van der Waals surface area contributed by atoms with E-state index in [1.807, 2.05) is 24.4 Å². The van der Waals surface area contributed by atoms with Crippen molar-refractivity contribution in [3.8, 4) is 22.6 Å². The zero-order valence-electron chi connectivity index (χ0n) is 16.2. The minimum Gasteiger partial charge on any atom is -0.493 e. The Morgan fingerprint density at radius 3 is 2.68 bits per heavy atom. The number of nitrogens with zero attached hydrogens (tertiary/aromatic N) is 2. The van der Waals surface area contributed by atoms with Crippen molar-refractivity contribution in [3.63, 3.8) is 0 Å². The first kappa shape index (κ1) is 19.9. The van der Waals surface area contributed by atoms with Gasteiger partial charge in [0, 0.05) is 10.9 Å². The highest BCUT2D eigenvalue weighted by atomic mass is 32.1. The number of hydrogen-bond donors (Lipinski definition) is 0. The zero-order chi connectivity index (χ0) is 20.3. The van der Waals surface area contributed by atoms with Crippen LogP contribution < -0.4 is 15.0 Å². The van der Waals surface area contributed by atoms with E-state index in [1.54, 1.807) is 27.2 Å². The quantitative estimate of drug-likeness (QED) is 0.561. The van der Waals surface area contributed by atoms with Crippen molar-refractivity contribution in [1.82, 2.24) is 9.55 Å². The Balaban J connectivity index is 2.09. The van der Waals surface area contributed by atoms with E-state index in [0.717, 1.165) is 17.5 Å². The van der Waals surface area contributed by atoms with Crippen LogP contribution in [0.25, 0.3) is 21.3 Å². The van der Waals surface area contributed by atoms with Crippen molar-refractivity contribution in [2.24, 2.45) is 0 Å². The first-order chi connectivity index (χ1) is 13.5. The van der Waals surface area contributed by atoms with Gasteiger partial charge in [0.25, 0.3) is 5.56 Å². The largest absolute Gasteiger partial charge is 0.493 e. The highest BCUT2D eigenvalue weighted by Crippen LogP contribution is 2.36. The summed E-state index contributed by atoms with van der Waals surface area (Å²) in [6, 6.07) is 4.71. The highest BCUT2D eigenvalue weighted by Gasteiger charge is 2.21. The summed E-state index contributed by atoms with van der Waals surface area (Å²) < 4.78 is 17.1. The van der Waals surface area contributed by atoms with Gasteiger partial charge in [-0.25, -0.2) is 9.78 Å². The van der Waals surface area contributed by atoms with Crippen LogP contribution in [0.5, 0.6) is 11.5 Å². The van der Waals surface area contributed by atoms with Crippen molar-refractivity contribution < 1.29 is 19.0 Å². The standard InChI is InChI=1S/C20H22N2O5S/c1-5-8-27-20(24)12(2)22-11-21-18-17(19(22)23)14(10-28-18)13-6-7-15(25-3)16(9-13)26-4/h6-7,9-12H,5,8H2,1-4H3/t12-/m0/s1. The average molecular weight is 402 g/mol. The van der Waals surface area contributed by atoms with Gasteiger partial charge in [0.15, 0.2) is 11.5 Å². The van der Waals surface area contributed by atoms with Crippen LogP contribution in [0.3, 0.4) is 0 Å². The van der Waals surface area contributed by atoms with Crippen LogP contribution in [-0.4, -0.2) is 36.3 Å². The zero-order valence-corrected chi connectivity index (χ0v) is 17.0. The second-order valence-electron chi connectivity index (χ2n) is 6.20. The van der Waals surface area contributed by atoms with Gasteiger partial charge >= 0.3 is 5.97 Å².